The van der Waals surface area contributed by atoms with Gasteiger partial charge < -0.3 is 14.0 Å². The Bertz CT molecular complexity index is 1710. The summed E-state index contributed by atoms with van der Waals surface area (Å²) < 4.78 is 38.7. The van der Waals surface area contributed by atoms with Crippen LogP contribution < -0.4 is 10.3 Å². The zero-order chi connectivity index (χ0) is 26.4. The van der Waals surface area contributed by atoms with Crippen LogP contribution in [0.3, 0.4) is 0 Å². The van der Waals surface area contributed by atoms with Crippen LogP contribution in [0.15, 0.2) is 65.5 Å². The first-order chi connectivity index (χ1) is 18.4. The molecule has 0 atom stereocenters. The van der Waals surface area contributed by atoms with Gasteiger partial charge >= 0.3 is 6.61 Å². The van der Waals surface area contributed by atoms with Crippen LogP contribution >= 0.6 is 0 Å². The molecule has 1 aliphatic carbocycles. The molecule has 0 N–H and O–H groups in total. The summed E-state index contributed by atoms with van der Waals surface area (Å²) in [6, 6.07) is 17.8. The van der Waals surface area contributed by atoms with E-state index in [-0.39, 0.29) is 11.3 Å². The van der Waals surface area contributed by atoms with E-state index in [0.717, 1.165) is 35.3 Å². The van der Waals surface area contributed by atoms with Crippen molar-refractivity contribution in [2.75, 3.05) is 13.7 Å². The van der Waals surface area contributed by atoms with Gasteiger partial charge in [-0.15, -0.1) is 0 Å². The van der Waals surface area contributed by atoms with Crippen LogP contribution in [0.4, 0.5) is 8.78 Å². The summed E-state index contributed by atoms with van der Waals surface area (Å²) in [5.41, 5.74) is 5.44. The molecule has 0 unspecified atom stereocenters. The average Bonchev–Trinajstić information content (AvgIpc) is 3.72. The monoisotopic (exact) mass is 516 g/mol. The first-order valence-corrected chi connectivity index (χ1v) is 12.5. The van der Waals surface area contributed by atoms with Gasteiger partial charge in [0.1, 0.15) is 17.3 Å². The third kappa shape index (κ3) is 4.43. The smallest absolute Gasteiger partial charge is 0.387 e. The van der Waals surface area contributed by atoms with Gasteiger partial charge in [0.05, 0.1) is 28.7 Å². The number of alkyl halides is 2. The minimum Gasteiger partial charge on any atom is -0.435 e. The van der Waals surface area contributed by atoms with Crippen molar-refractivity contribution < 1.29 is 18.3 Å². The minimum absolute atomic E-state index is 0.0278. The number of halogens is 2. The number of aryl methyl sites for hydroxylation is 1. The summed E-state index contributed by atoms with van der Waals surface area (Å²) >= 11 is 0. The molecule has 2 aromatic heterocycles. The molecule has 1 fully saturated rings. The number of nitrogens with zero attached hydrogens (tertiary/aromatic N) is 4. The van der Waals surface area contributed by atoms with Crippen LogP contribution in [0.1, 0.15) is 30.1 Å². The maximum atomic E-state index is 14.0. The minimum atomic E-state index is -2.92. The molecule has 3 aromatic carbocycles. The second-order valence-electron chi connectivity index (χ2n) is 9.53. The molecule has 0 spiro atoms. The Morgan fingerprint density at radius 1 is 0.974 bits per heavy atom. The molecule has 0 amide bonds. The molecular formula is C29H26F2N4O3. The molecule has 0 aliphatic heterocycles. The summed E-state index contributed by atoms with van der Waals surface area (Å²) in [6.07, 6.45) is 2.92. The van der Waals surface area contributed by atoms with E-state index < -0.39 is 6.61 Å². The molecule has 0 bridgehead atoms. The van der Waals surface area contributed by atoms with Crippen molar-refractivity contribution in [2.45, 2.75) is 31.8 Å². The molecule has 6 rings (SSSR count). The molecule has 7 nitrogen and oxygen atoms in total. The van der Waals surface area contributed by atoms with Crippen LogP contribution in [0.5, 0.6) is 5.75 Å². The molecule has 2 heterocycles. The second kappa shape index (κ2) is 9.64. The van der Waals surface area contributed by atoms with Crippen molar-refractivity contribution >= 4 is 22.1 Å². The Labute approximate surface area is 217 Å². The third-order valence-corrected chi connectivity index (χ3v) is 7.02. The molecule has 1 saturated carbocycles. The highest BCUT2D eigenvalue weighted by Crippen LogP contribution is 2.41. The largest absolute Gasteiger partial charge is 0.435 e. The molecule has 0 saturated heterocycles. The number of aromatic nitrogens is 4. The van der Waals surface area contributed by atoms with Crippen LogP contribution in [0.2, 0.25) is 0 Å². The fourth-order valence-electron chi connectivity index (χ4n) is 4.89. The molecule has 1 aliphatic rings. The number of imidazole rings is 1. The van der Waals surface area contributed by atoms with E-state index in [2.05, 4.69) is 10.8 Å². The van der Waals surface area contributed by atoms with Gasteiger partial charge in [-0.2, -0.15) is 8.78 Å². The van der Waals surface area contributed by atoms with Crippen molar-refractivity contribution in [3.8, 4) is 22.7 Å². The number of rotatable bonds is 8. The van der Waals surface area contributed by atoms with Gasteiger partial charge in [-0.25, -0.2) is 9.97 Å². The predicted octanol–water partition coefficient (Wildman–Crippen LogP) is 5.61. The lowest BCUT2D eigenvalue weighted by atomic mass is 10.1. The molecule has 0 radical (unpaired) electrons. The first-order valence-electron chi connectivity index (χ1n) is 12.5. The number of benzene rings is 3. The van der Waals surface area contributed by atoms with E-state index in [1.807, 2.05) is 41.9 Å². The molecule has 9 heteroatoms. The van der Waals surface area contributed by atoms with Gasteiger partial charge in [-0.3, -0.25) is 9.36 Å². The van der Waals surface area contributed by atoms with Crippen molar-refractivity contribution in [1.82, 2.24) is 19.1 Å². The van der Waals surface area contributed by atoms with Crippen LogP contribution in [0, 0.1) is 0 Å². The summed E-state index contributed by atoms with van der Waals surface area (Å²) in [7, 11) is 3.60. The van der Waals surface area contributed by atoms with Gasteiger partial charge in [0.15, 0.2) is 0 Å². The lowest BCUT2D eigenvalue weighted by Gasteiger charge is -2.14. The van der Waals surface area contributed by atoms with Crippen LogP contribution in [-0.2, 0) is 18.2 Å². The average molecular weight is 517 g/mol. The number of ether oxygens (including phenoxy) is 2. The highest BCUT2D eigenvalue weighted by molar-refractivity contribution is 5.85. The van der Waals surface area contributed by atoms with Crippen molar-refractivity contribution in [3.05, 3.63) is 82.4 Å². The molecular weight excluding hydrogens is 490 g/mol. The Kier molecular flexibility index (Phi) is 6.15. The topological polar surface area (TPSA) is 71.2 Å². The maximum Gasteiger partial charge on any atom is 0.387 e. The summed E-state index contributed by atoms with van der Waals surface area (Å²) in [4.78, 5) is 23.5. The van der Waals surface area contributed by atoms with Crippen molar-refractivity contribution in [3.63, 3.8) is 0 Å². The quantitative estimate of drug-likeness (QED) is 0.268. The zero-order valence-corrected chi connectivity index (χ0v) is 21.0. The fourth-order valence-corrected chi connectivity index (χ4v) is 4.89. The zero-order valence-electron chi connectivity index (χ0n) is 21.0. The molecule has 38 heavy (non-hydrogen) atoms. The fraction of sp³-hybridized carbons (Fsp3) is 0.276. The maximum absolute atomic E-state index is 14.0. The SMILES string of the molecule is COCCc1nc2ccc(-c3nc4ccc(C5CC5)cc4n(-c4ccc(OC(F)F)cc4)c3=O)cc2n1C. The number of methoxy groups -OCH3 is 1. The molecule has 194 valence electrons. The normalized spacial score (nSPS) is 13.6. The summed E-state index contributed by atoms with van der Waals surface area (Å²) in [5, 5.41) is 0. The third-order valence-electron chi connectivity index (χ3n) is 7.02. The summed E-state index contributed by atoms with van der Waals surface area (Å²) in [6.45, 7) is -2.36. The van der Waals surface area contributed by atoms with Gasteiger partial charge in [0.2, 0.25) is 0 Å². The van der Waals surface area contributed by atoms with E-state index in [4.69, 9.17) is 14.7 Å². The van der Waals surface area contributed by atoms with E-state index in [1.54, 1.807) is 23.8 Å². The highest BCUT2D eigenvalue weighted by atomic mass is 19.3. The summed E-state index contributed by atoms with van der Waals surface area (Å²) in [5.74, 6) is 1.41. The van der Waals surface area contributed by atoms with E-state index in [1.165, 1.54) is 12.1 Å². The predicted molar refractivity (Wildman–Crippen MR) is 141 cm³/mol. The van der Waals surface area contributed by atoms with E-state index in [9.17, 15) is 13.6 Å². The van der Waals surface area contributed by atoms with Gasteiger partial charge in [-0.1, -0.05) is 12.1 Å². The lowest BCUT2D eigenvalue weighted by Crippen LogP contribution is -2.22. The van der Waals surface area contributed by atoms with Crippen molar-refractivity contribution in [2.24, 2.45) is 7.05 Å². The Hall–Kier alpha value is -4.11. The lowest BCUT2D eigenvalue weighted by molar-refractivity contribution is -0.0498. The number of hydrogen-bond acceptors (Lipinski definition) is 5. The first kappa shape index (κ1) is 24.2. The van der Waals surface area contributed by atoms with E-state index >= 15 is 0 Å². The van der Waals surface area contributed by atoms with Gasteiger partial charge in [0, 0.05) is 31.8 Å². The Morgan fingerprint density at radius 3 is 2.42 bits per heavy atom. The highest BCUT2D eigenvalue weighted by Gasteiger charge is 2.25. The Morgan fingerprint density at radius 2 is 1.71 bits per heavy atom. The van der Waals surface area contributed by atoms with E-state index in [0.29, 0.717) is 46.9 Å². The van der Waals surface area contributed by atoms with Crippen molar-refractivity contribution in [1.29, 1.82) is 0 Å². The van der Waals surface area contributed by atoms with Gasteiger partial charge in [0.25, 0.3) is 5.56 Å². The van der Waals surface area contributed by atoms with Gasteiger partial charge in [-0.05, 0) is 72.9 Å². The van der Waals surface area contributed by atoms with Crippen LogP contribution in [0.25, 0.3) is 39.0 Å². The van der Waals surface area contributed by atoms with Crippen LogP contribution in [-0.4, -0.2) is 39.4 Å². The second-order valence-corrected chi connectivity index (χ2v) is 9.53. The Balaban J connectivity index is 1.52. The standard InChI is InChI=1S/C29H26F2N4O3/c1-34-24-16-19(6-12-22(24)32-26(34)13-14-37-2)27-28(36)35(20-7-9-21(10-8-20)38-29(30)31)25-15-18(17-3-4-17)5-11-23(25)33-27/h5-12,15-17,29H,3-4,13-14H2,1-2H3. The molecule has 5 aromatic rings. The number of hydrogen-bond donors (Lipinski definition) is 0. The number of fused-ring (bicyclic) bond motifs is 2.